The zero-order valence-electron chi connectivity index (χ0n) is 23.4. The fraction of sp³-hybridized carbons (Fsp3) is 0.533. The van der Waals surface area contributed by atoms with Crippen LogP contribution < -0.4 is 16.2 Å². The van der Waals surface area contributed by atoms with E-state index in [0.717, 1.165) is 70.2 Å². The van der Waals surface area contributed by atoms with Gasteiger partial charge in [-0.05, 0) is 75.0 Å². The highest BCUT2D eigenvalue weighted by molar-refractivity contribution is 6.11. The quantitative estimate of drug-likeness (QED) is 0.410. The van der Waals surface area contributed by atoms with E-state index in [1.165, 1.54) is 18.4 Å². The van der Waals surface area contributed by atoms with Gasteiger partial charge < -0.3 is 26.0 Å². The van der Waals surface area contributed by atoms with Gasteiger partial charge in [-0.1, -0.05) is 30.7 Å². The maximum Gasteiger partial charge on any atom is 0.258 e. The van der Waals surface area contributed by atoms with E-state index in [1.54, 1.807) is 12.1 Å². The molecule has 214 valence electrons. The minimum Gasteiger partial charge on any atom is -0.495 e. The molecule has 0 bridgehead atoms. The zero-order chi connectivity index (χ0) is 28.7. The van der Waals surface area contributed by atoms with E-state index >= 15 is 0 Å². The van der Waals surface area contributed by atoms with Crippen molar-refractivity contribution in [3.8, 4) is 11.8 Å². The largest absolute Gasteiger partial charge is 0.495 e. The highest BCUT2D eigenvalue weighted by atomic mass is 16.5. The zero-order valence-corrected chi connectivity index (χ0v) is 23.4. The van der Waals surface area contributed by atoms with E-state index in [1.807, 2.05) is 18.2 Å². The van der Waals surface area contributed by atoms with Crippen molar-refractivity contribution < 1.29 is 19.1 Å². The number of ether oxygens (including phenoxy) is 1. The number of hydrogen-bond donors (Lipinski definition) is 2. The number of methoxy groups -OCH3 is 1. The van der Waals surface area contributed by atoms with Gasteiger partial charge in [-0.25, -0.2) is 0 Å². The fourth-order valence-corrected chi connectivity index (χ4v) is 6.26. The number of nitrogens with two attached hydrogens (primary N) is 2. The Balaban J connectivity index is 1.40. The smallest absolute Gasteiger partial charge is 0.258 e. The van der Waals surface area contributed by atoms with E-state index in [4.69, 9.17) is 16.2 Å². The minimum atomic E-state index is -0.607. The summed E-state index contributed by atoms with van der Waals surface area (Å²) in [5, 5.41) is 11.1. The fourth-order valence-electron chi connectivity index (χ4n) is 6.26. The molecule has 2 aromatic rings. The summed E-state index contributed by atoms with van der Waals surface area (Å²) in [4.78, 5) is 44.3. The Morgan fingerprint density at radius 2 is 1.75 bits per heavy atom. The molecule has 2 fully saturated rings. The summed E-state index contributed by atoms with van der Waals surface area (Å²) in [6.07, 6.45) is 6.38. The van der Waals surface area contributed by atoms with Crippen LogP contribution in [-0.4, -0.2) is 90.9 Å². The topological polar surface area (TPSA) is 146 Å². The monoisotopic (exact) mass is 548 g/mol. The Labute approximate surface area is 235 Å². The first kappa shape index (κ1) is 29.3. The van der Waals surface area contributed by atoms with E-state index in [9.17, 15) is 19.6 Å². The third-order valence-electron chi connectivity index (χ3n) is 8.43. The summed E-state index contributed by atoms with van der Waals surface area (Å²) < 4.78 is 5.50. The van der Waals surface area contributed by atoms with Gasteiger partial charge in [-0.15, -0.1) is 0 Å². The maximum absolute atomic E-state index is 13.8. The van der Waals surface area contributed by atoms with Crippen LogP contribution in [0.2, 0.25) is 0 Å². The van der Waals surface area contributed by atoms with Gasteiger partial charge in [-0.3, -0.25) is 19.3 Å². The summed E-state index contributed by atoms with van der Waals surface area (Å²) >= 11 is 0. The van der Waals surface area contributed by atoms with Crippen LogP contribution in [0, 0.1) is 11.3 Å². The first-order valence-electron chi connectivity index (χ1n) is 14.2. The molecule has 2 aliphatic rings. The van der Waals surface area contributed by atoms with Gasteiger partial charge >= 0.3 is 0 Å². The number of nitrogens with zero attached hydrogens (tertiary/aromatic N) is 4. The van der Waals surface area contributed by atoms with Crippen LogP contribution in [-0.2, 0) is 9.59 Å². The predicted molar refractivity (Wildman–Crippen MR) is 153 cm³/mol. The number of benzene rings is 2. The molecule has 0 unspecified atom stereocenters. The summed E-state index contributed by atoms with van der Waals surface area (Å²) in [6.45, 7) is 4.40. The molecule has 0 saturated carbocycles. The van der Waals surface area contributed by atoms with Crippen molar-refractivity contribution in [1.29, 1.82) is 5.26 Å². The Kier molecular flexibility index (Phi) is 9.61. The minimum absolute atomic E-state index is 0.195. The first-order chi connectivity index (χ1) is 19.3. The molecule has 2 aliphatic heterocycles. The molecule has 0 atom stereocenters. The second kappa shape index (κ2) is 13.1. The van der Waals surface area contributed by atoms with E-state index in [2.05, 4.69) is 15.9 Å². The van der Waals surface area contributed by atoms with Gasteiger partial charge in [0.05, 0.1) is 24.8 Å². The molecule has 10 nitrogen and oxygen atoms in total. The number of fused-ring (bicyclic) bond motifs is 1. The number of likely N-dealkylation sites (tertiary alicyclic amines) is 2. The molecule has 0 aromatic heterocycles. The molecule has 0 spiro atoms. The number of amides is 3. The maximum atomic E-state index is 13.8. The van der Waals surface area contributed by atoms with Crippen LogP contribution in [0.25, 0.3) is 10.8 Å². The van der Waals surface area contributed by atoms with Gasteiger partial charge in [-0.2, -0.15) is 5.26 Å². The summed E-state index contributed by atoms with van der Waals surface area (Å²) in [5.41, 5.74) is 11.4. The second-order valence-electron chi connectivity index (χ2n) is 10.9. The number of nitriles is 1. The lowest BCUT2D eigenvalue weighted by molar-refractivity contribution is -0.135. The van der Waals surface area contributed by atoms with Crippen LogP contribution in [0.4, 0.5) is 0 Å². The third-order valence-corrected chi connectivity index (χ3v) is 8.43. The van der Waals surface area contributed by atoms with Gasteiger partial charge in [0.1, 0.15) is 17.4 Å². The van der Waals surface area contributed by atoms with Crippen LogP contribution >= 0.6 is 0 Å². The van der Waals surface area contributed by atoms with Gasteiger partial charge in [0.2, 0.25) is 11.8 Å². The summed E-state index contributed by atoms with van der Waals surface area (Å²) in [6, 6.07) is 11.1. The Bertz CT molecular complexity index is 1270. The number of hydrogen-bond acceptors (Lipinski definition) is 7. The van der Waals surface area contributed by atoms with Gasteiger partial charge in [0.15, 0.2) is 0 Å². The average Bonchev–Trinajstić information content (AvgIpc) is 2.97. The molecule has 2 saturated heterocycles. The summed E-state index contributed by atoms with van der Waals surface area (Å²) in [5.74, 6) is -1.02. The standard InChI is InChI=1S/C30H40N6O4/c1-40-27-23(20-31)19-22-9-3-4-10-24(22)26(27)28(38)35(21-25(32)37)14-8-7-13-34-17-11-30(12-18-34,29(33)39)36-15-5-2-6-16-36/h3-4,9-10,19H,2,5-8,11-18,21H2,1H3,(H2,32,37)(H2,33,39). The lowest BCUT2D eigenvalue weighted by Gasteiger charge is -2.48. The van der Waals surface area contributed by atoms with Crippen LogP contribution in [0.5, 0.6) is 5.75 Å². The normalized spacial score (nSPS) is 17.7. The van der Waals surface area contributed by atoms with Crippen molar-refractivity contribution in [3.63, 3.8) is 0 Å². The van der Waals surface area contributed by atoms with Crippen molar-refractivity contribution >= 4 is 28.5 Å². The molecule has 3 amide bonds. The van der Waals surface area contributed by atoms with Crippen LogP contribution in [0.3, 0.4) is 0 Å². The molecular weight excluding hydrogens is 508 g/mol. The Morgan fingerprint density at radius 3 is 2.38 bits per heavy atom. The molecule has 4 rings (SSSR count). The number of unbranched alkanes of at least 4 members (excludes halogenated alkanes) is 1. The Hall–Kier alpha value is -3.68. The van der Waals surface area contributed by atoms with Crippen molar-refractivity contribution in [2.45, 2.75) is 50.5 Å². The second-order valence-corrected chi connectivity index (χ2v) is 10.9. The van der Waals surface area contributed by atoms with Crippen molar-refractivity contribution in [2.75, 3.05) is 52.9 Å². The van der Waals surface area contributed by atoms with Crippen molar-refractivity contribution in [2.24, 2.45) is 11.5 Å². The highest BCUT2D eigenvalue weighted by Crippen LogP contribution is 2.34. The molecule has 0 radical (unpaired) electrons. The number of carbonyl (C=O) groups is 3. The van der Waals surface area contributed by atoms with E-state index in [0.29, 0.717) is 18.4 Å². The molecule has 4 N–H and O–H groups in total. The number of primary amides is 2. The molecule has 10 heteroatoms. The molecule has 2 aromatic carbocycles. The summed E-state index contributed by atoms with van der Waals surface area (Å²) in [7, 11) is 1.43. The average molecular weight is 549 g/mol. The lowest BCUT2D eigenvalue weighted by Crippen LogP contribution is -2.63. The number of carbonyl (C=O) groups excluding carboxylic acids is 3. The van der Waals surface area contributed by atoms with Crippen molar-refractivity contribution in [1.82, 2.24) is 14.7 Å². The third kappa shape index (κ3) is 6.21. The SMILES string of the molecule is COc1c(C#N)cc2ccccc2c1C(=O)N(CCCCN1CCC(C(N)=O)(N2CCCCC2)CC1)CC(N)=O. The molecule has 40 heavy (non-hydrogen) atoms. The predicted octanol–water partition coefficient (Wildman–Crippen LogP) is 2.23. The first-order valence-corrected chi connectivity index (χ1v) is 14.2. The van der Waals surface area contributed by atoms with Crippen LogP contribution in [0.15, 0.2) is 30.3 Å². The lowest BCUT2D eigenvalue weighted by atomic mass is 9.83. The molecular formula is C30H40N6O4. The van der Waals surface area contributed by atoms with E-state index < -0.39 is 17.4 Å². The molecule has 2 heterocycles. The van der Waals surface area contributed by atoms with Gasteiger partial charge in [0.25, 0.3) is 5.91 Å². The van der Waals surface area contributed by atoms with Gasteiger partial charge in [0, 0.05) is 19.6 Å². The van der Waals surface area contributed by atoms with E-state index in [-0.39, 0.29) is 29.3 Å². The van der Waals surface area contributed by atoms with Crippen LogP contribution in [0.1, 0.15) is 60.9 Å². The highest BCUT2D eigenvalue weighted by Gasteiger charge is 2.44. The Morgan fingerprint density at radius 1 is 1.05 bits per heavy atom. The number of piperidine rings is 2. The van der Waals surface area contributed by atoms with Crippen molar-refractivity contribution in [3.05, 3.63) is 41.5 Å². The molecule has 0 aliphatic carbocycles. The number of rotatable bonds is 11.